The SMILES string of the molecule is CN=C(NCc1cccc([N+](=O)[O-])c1)NCc1cccs1.I. The van der Waals surface area contributed by atoms with Gasteiger partial charge in [-0.1, -0.05) is 18.2 Å². The number of aliphatic imine (C=N–C) groups is 1. The van der Waals surface area contributed by atoms with Crippen molar-refractivity contribution in [2.75, 3.05) is 7.05 Å². The van der Waals surface area contributed by atoms with Crippen LogP contribution in [0, 0.1) is 10.1 Å². The lowest BCUT2D eigenvalue weighted by molar-refractivity contribution is -0.384. The van der Waals surface area contributed by atoms with Crippen LogP contribution in [0.3, 0.4) is 0 Å². The Morgan fingerprint density at radius 1 is 1.27 bits per heavy atom. The summed E-state index contributed by atoms with van der Waals surface area (Å²) < 4.78 is 0. The van der Waals surface area contributed by atoms with E-state index in [1.807, 2.05) is 23.6 Å². The van der Waals surface area contributed by atoms with Gasteiger partial charge in [-0.25, -0.2) is 0 Å². The van der Waals surface area contributed by atoms with Crippen LogP contribution in [0.1, 0.15) is 10.4 Å². The quantitative estimate of drug-likeness (QED) is 0.250. The summed E-state index contributed by atoms with van der Waals surface area (Å²) in [4.78, 5) is 15.7. The Morgan fingerprint density at radius 2 is 2.05 bits per heavy atom. The lowest BCUT2D eigenvalue weighted by Crippen LogP contribution is -2.36. The van der Waals surface area contributed by atoms with Gasteiger partial charge in [0.25, 0.3) is 5.69 Å². The van der Waals surface area contributed by atoms with Gasteiger partial charge in [0.2, 0.25) is 0 Å². The summed E-state index contributed by atoms with van der Waals surface area (Å²) in [7, 11) is 1.69. The Balaban J connectivity index is 0.00000242. The standard InChI is InChI=1S/C14H16N4O2S.HI/c1-15-14(17-10-13-6-3-7-21-13)16-9-11-4-2-5-12(8-11)18(19)20;/h2-8H,9-10H2,1H3,(H2,15,16,17);1H. The van der Waals surface area contributed by atoms with Gasteiger partial charge in [0.05, 0.1) is 11.5 Å². The van der Waals surface area contributed by atoms with Crippen LogP contribution in [0.25, 0.3) is 0 Å². The summed E-state index contributed by atoms with van der Waals surface area (Å²) in [6.45, 7) is 1.18. The molecule has 0 unspecified atom stereocenters. The van der Waals surface area contributed by atoms with Crippen molar-refractivity contribution in [3.05, 3.63) is 62.3 Å². The first-order valence-electron chi connectivity index (χ1n) is 6.39. The summed E-state index contributed by atoms with van der Waals surface area (Å²) in [6.07, 6.45) is 0. The minimum Gasteiger partial charge on any atom is -0.352 e. The van der Waals surface area contributed by atoms with E-state index in [2.05, 4.69) is 15.6 Å². The van der Waals surface area contributed by atoms with Crippen LogP contribution in [0.2, 0.25) is 0 Å². The lowest BCUT2D eigenvalue weighted by atomic mass is 10.2. The molecule has 118 valence electrons. The molecule has 2 rings (SSSR count). The first-order chi connectivity index (χ1) is 10.2. The molecule has 0 bridgehead atoms. The van der Waals surface area contributed by atoms with Gasteiger partial charge >= 0.3 is 0 Å². The molecule has 6 nitrogen and oxygen atoms in total. The molecule has 0 atom stereocenters. The molecule has 0 amide bonds. The lowest BCUT2D eigenvalue weighted by Gasteiger charge is -2.11. The van der Waals surface area contributed by atoms with Crippen molar-refractivity contribution in [3.8, 4) is 0 Å². The number of nitrogens with one attached hydrogen (secondary N) is 2. The molecule has 0 aliphatic rings. The first-order valence-corrected chi connectivity index (χ1v) is 7.27. The number of hydrogen-bond donors (Lipinski definition) is 2. The van der Waals surface area contributed by atoms with Crippen LogP contribution in [-0.4, -0.2) is 17.9 Å². The van der Waals surface area contributed by atoms with Gasteiger partial charge in [-0.15, -0.1) is 35.3 Å². The van der Waals surface area contributed by atoms with Gasteiger partial charge in [0.15, 0.2) is 5.96 Å². The van der Waals surface area contributed by atoms with Crippen LogP contribution in [0.15, 0.2) is 46.8 Å². The van der Waals surface area contributed by atoms with E-state index in [-0.39, 0.29) is 29.7 Å². The second-order valence-electron chi connectivity index (χ2n) is 4.29. The second-order valence-corrected chi connectivity index (χ2v) is 5.32. The summed E-state index contributed by atoms with van der Waals surface area (Å²) in [5, 5.41) is 19.1. The molecular weight excluding hydrogens is 415 g/mol. The molecule has 22 heavy (non-hydrogen) atoms. The smallest absolute Gasteiger partial charge is 0.269 e. The van der Waals surface area contributed by atoms with Gasteiger partial charge in [-0.3, -0.25) is 15.1 Å². The van der Waals surface area contributed by atoms with E-state index in [4.69, 9.17) is 0 Å². The van der Waals surface area contributed by atoms with Crippen molar-refractivity contribution in [1.82, 2.24) is 10.6 Å². The van der Waals surface area contributed by atoms with Crippen molar-refractivity contribution in [2.24, 2.45) is 4.99 Å². The number of rotatable bonds is 5. The Hall–Kier alpha value is -1.68. The molecule has 0 radical (unpaired) electrons. The average molecular weight is 432 g/mol. The van der Waals surface area contributed by atoms with Crippen molar-refractivity contribution in [1.29, 1.82) is 0 Å². The summed E-state index contributed by atoms with van der Waals surface area (Å²) in [5.74, 6) is 0.662. The van der Waals surface area contributed by atoms with Crippen LogP contribution in [0.5, 0.6) is 0 Å². The predicted molar refractivity (Wildman–Crippen MR) is 99.9 cm³/mol. The number of thiophene rings is 1. The Kier molecular flexibility index (Phi) is 7.82. The molecule has 2 aromatic rings. The van der Waals surface area contributed by atoms with Crippen molar-refractivity contribution in [3.63, 3.8) is 0 Å². The predicted octanol–water partition coefficient (Wildman–Crippen LogP) is 3.14. The number of benzene rings is 1. The van der Waals surface area contributed by atoms with Crippen molar-refractivity contribution < 1.29 is 4.92 Å². The molecule has 0 saturated heterocycles. The van der Waals surface area contributed by atoms with E-state index in [0.717, 1.165) is 5.56 Å². The van der Waals surface area contributed by atoms with Crippen molar-refractivity contribution >= 4 is 47.0 Å². The minimum atomic E-state index is -0.395. The highest BCUT2D eigenvalue weighted by molar-refractivity contribution is 14.0. The van der Waals surface area contributed by atoms with E-state index in [9.17, 15) is 10.1 Å². The highest BCUT2D eigenvalue weighted by atomic mass is 127. The highest BCUT2D eigenvalue weighted by Gasteiger charge is 2.06. The van der Waals surface area contributed by atoms with E-state index >= 15 is 0 Å². The van der Waals surface area contributed by atoms with Gasteiger partial charge in [-0.05, 0) is 17.0 Å². The Morgan fingerprint density at radius 3 is 2.68 bits per heavy atom. The molecule has 0 saturated carbocycles. The summed E-state index contributed by atoms with van der Waals surface area (Å²) in [6, 6.07) is 10.6. The zero-order valence-electron chi connectivity index (χ0n) is 12.0. The fraction of sp³-hybridized carbons (Fsp3) is 0.214. The molecule has 1 aromatic heterocycles. The number of non-ortho nitro benzene ring substituents is 1. The zero-order valence-corrected chi connectivity index (χ0v) is 15.1. The van der Waals surface area contributed by atoms with Crippen LogP contribution in [0.4, 0.5) is 5.69 Å². The molecule has 0 fully saturated rings. The number of guanidine groups is 1. The maximum absolute atomic E-state index is 10.7. The van der Waals surface area contributed by atoms with Crippen LogP contribution in [-0.2, 0) is 13.1 Å². The molecule has 1 aromatic carbocycles. The third-order valence-electron chi connectivity index (χ3n) is 2.82. The summed E-state index contributed by atoms with van der Waals surface area (Å²) >= 11 is 1.67. The van der Waals surface area contributed by atoms with Gasteiger partial charge in [0.1, 0.15) is 0 Å². The number of nitro benzene ring substituents is 1. The van der Waals surface area contributed by atoms with Gasteiger partial charge < -0.3 is 10.6 Å². The molecule has 0 spiro atoms. The fourth-order valence-electron chi connectivity index (χ4n) is 1.77. The minimum absolute atomic E-state index is 0. The molecule has 2 N–H and O–H groups in total. The number of hydrogen-bond acceptors (Lipinski definition) is 4. The fourth-order valence-corrected chi connectivity index (χ4v) is 2.41. The van der Waals surface area contributed by atoms with Crippen LogP contribution < -0.4 is 10.6 Å². The van der Waals surface area contributed by atoms with E-state index in [1.54, 1.807) is 30.5 Å². The average Bonchev–Trinajstić information content (AvgIpc) is 3.01. The maximum Gasteiger partial charge on any atom is 0.269 e. The highest BCUT2D eigenvalue weighted by Crippen LogP contribution is 2.12. The van der Waals surface area contributed by atoms with Crippen LogP contribution >= 0.6 is 35.3 Å². The third-order valence-corrected chi connectivity index (χ3v) is 3.69. The molecular formula is C14H17IN4O2S. The molecule has 1 heterocycles. The second kappa shape index (κ2) is 9.36. The number of nitrogens with zero attached hydrogens (tertiary/aromatic N) is 2. The Labute approximate surface area is 149 Å². The van der Waals surface area contributed by atoms with E-state index in [0.29, 0.717) is 19.0 Å². The number of nitro groups is 1. The Bertz CT molecular complexity index is 632. The summed E-state index contributed by atoms with van der Waals surface area (Å²) in [5.41, 5.74) is 0.930. The normalized spacial score (nSPS) is 10.7. The first kappa shape index (κ1) is 18.4. The zero-order chi connectivity index (χ0) is 15.1. The molecule has 8 heteroatoms. The topological polar surface area (TPSA) is 79.6 Å². The molecule has 0 aliphatic heterocycles. The van der Waals surface area contributed by atoms with Gasteiger partial charge in [-0.2, -0.15) is 0 Å². The number of halogens is 1. The van der Waals surface area contributed by atoms with Crippen molar-refractivity contribution in [2.45, 2.75) is 13.1 Å². The monoisotopic (exact) mass is 432 g/mol. The van der Waals surface area contributed by atoms with Gasteiger partial charge in [0, 0.05) is 30.6 Å². The third kappa shape index (κ3) is 5.60. The maximum atomic E-state index is 10.7. The van der Waals surface area contributed by atoms with E-state index < -0.39 is 4.92 Å². The largest absolute Gasteiger partial charge is 0.352 e. The van der Waals surface area contributed by atoms with E-state index in [1.165, 1.54) is 10.9 Å². The molecule has 0 aliphatic carbocycles.